The van der Waals surface area contributed by atoms with Crippen molar-refractivity contribution in [1.29, 1.82) is 0 Å². The molecule has 2 spiro atoms. The van der Waals surface area contributed by atoms with Gasteiger partial charge in [0.05, 0.1) is 21.9 Å². The largest absolute Gasteiger partial charge is 0.456 e. The molecule has 2 nitrogen and oxygen atoms in total. The molecule has 62 heavy (non-hydrogen) atoms. The number of furan rings is 1. The van der Waals surface area contributed by atoms with Crippen LogP contribution in [0.1, 0.15) is 44.5 Å². The molecule has 3 aliphatic carbocycles. The maximum atomic E-state index is 6.36. The third-order valence-corrected chi connectivity index (χ3v) is 14.9. The zero-order valence-electron chi connectivity index (χ0n) is 33.6. The molecular formula is C60H35NO. The number of aromatic nitrogens is 1. The van der Waals surface area contributed by atoms with Crippen molar-refractivity contribution in [3.63, 3.8) is 0 Å². The van der Waals surface area contributed by atoms with E-state index in [1.807, 2.05) is 6.07 Å². The van der Waals surface area contributed by atoms with E-state index in [1.54, 1.807) is 0 Å². The molecule has 0 unspecified atom stereocenters. The molecule has 2 heterocycles. The van der Waals surface area contributed by atoms with Crippen LogP contribution in [0.25, 0.3) is 82.5 Å². The molecule has 0 amide bonds. The van der Waals surface area contributed by atoms with Gasteiger partial charge in [-0.05, 0) is 102 Å². The number of benzene rings is 10. The van der Waals surface area contributed by atoms with Crippen molar-refractivity contribution < 1.29 is 4.42 Å². The number of nitrogens with zero attached hydrogens (tertiary/aromatic N) is 1. The predicted octanol–water partition coefficient (Wildman–Crippen LogP) is 14.9. The molecule has 0 fully saturated rings. The van der Waals surface area contributed by atoms with Gasteiger partial charge in [-0.25, -0.2) is 0 Å². The van der Waals surface area contributed by atoms with Crippen LogP contribution < -0.4 is 0 Å². The highest BCUT2D eigenvalue weighted by Crippen LogP contribution is 2.68. The van der Waals surface area contributed by atoms with E-state index in [4.69, 9.17) is 4.42 Å². The third-order valence-electron chi connectivity index (χ3n) is 14.9. The smallest absolute Gasteiger partial charge is 0.135 e. The Labute approximate surface area is 357 Å². The lowest BCUT2D eigenvalue weighted by molar-refractivity contribution is 0.633. The van der Waals surface area contributed by atoms with Gasteiger partial charge in [0.15, 0.2) is 0 Å². The monoisotopic (exact) mass is 785 g/mol. The maximum absolute atomic E-state index is 6.36. The Balaban J connectivity index is 1.11. The van der Waals surface area contributed by atoms with Gasteiger partial charge in [0.2, 0.25) is 0 Å². The molecule has 286 valence electrons. The van der Waals surface area contributed by atoms with Crippen LogP contribution in [-0.4, -0.2) is 4.57 Å². The molecule has 0 aliphatic heterocycles. The summed E-state index contributed by atoms with van der Waals surface area (Å²) in [6, 6.07) is 79.8. The second-order valence-corrected chi connectivity index (χ2v) is 17.4. The summed E-state index contributed by atoms with van der Waals surface area (Å²) in [6.07, 6.45) is 0. The summed E-state index contributed by atoms with van der Waals surface area (Å²) < 4.78 is 8.88. The number of rotatable bonds is 1. The fraction of sp³-hybridized carbons (Fsp3) is 0.0333. The Kier molecular flexibility index (Phi) is 6.07. The topological polar surface area (TPSA) is 18.1 Å². The van der Waals surface area contributed by atoms with E-state index in [2.05, 4.69) is 211 Å². The van der Waals surface area contributed by atoms with Crippen molar-refractivity contribution in [2.45, 2.75) is 10.8 Å². The van der Waals surface area contributed by atoms with Gasteiger partial charge in [0, 0.05) is 32.6 Å². The molecule has 0 bridgehead atoms. The highest BCUT2D eigenvalue weighted by Gasteiger charge is 2.59. The van der Waals surface area contributed by atoms with Crippen LogP contribution in [0.3, 0.4) is 0 Å². The van der Waals surface area contributed by atoms with Gasteiger partial charge in [0.25, 0.3) is 0 Å². The molecule has 2 aromatic heterocycles. The molecule has 10 aromatic carbocycles. The second-order valence-electron chi connectivity index (χ2n) is 17.4. The van der Waals surface area contributed by atoms with Crippen molar-refractivity contribution in [1.82, 2.24) is 4.57 Å². The first kappa shape index (κ1) is 32.9. The van der Waals surface area contributed by atoms with Crippen LogP contribution >= 0.6 is 0 Å². The van der Waals surface area contributed by atoms with Gasteiger partial charge in [-0.2, -0.15) is 0 Å². The van der Waals surface area contributed by atoms with Gasteiger partial charge in [-0.3, -0.25) is 0 Å². The van der Waals surface area contributed by atoms with E-state index in [1.165, 1.54) is 99.3 Å². The summed E-state index contributed by atoms with van der Waals surface area (Å²) in [5, 5.41) is 7.26. The minimum Gasteiger partial charge on any atom is -0.456 e. The van der Waals surface area contributed by atoms with Gasteiger partial charge in [-0.15, -0.1) is 0 Å². The van der Waals surface area contributed by atoms with Crippen LogP contribution in [0.4, 0.5) is 0 Å². The van der Waals surface area contributed by atoms with Gasteiger partial charge in [-0.1, -0.05) is 182 Å². The lowest BCUT2D eigenvalue weighted by Gasteiger charge is -2.48. The Morgan fingerprint density at radius 1 is 0.339 bits per heavy atom. The first-order chi connectivity index (χ1) is 30.8. The quantitative estimate of drug-likeness (QED) is 0.162. The van der Waals surface area contributed by atoms with Crippen LogP contribution in [-0.2, 0) is 10.8 Å². The molecule has 0 radical (unpaired) electrons. The summed E-state index contributed by atoms with van der Waals surface area (Å²) in [6.45, 7) is 0. The number of hydrogen-bond donors (Lipinski definition) is 0. The van der Waals surface area contributed by atoms with E-state index in [0.29, 0.717) is 0 Å². The van der Waals surface area contributed by atoms with Gasteiger partial charge in [0.1, 0.15) is 11.2 Å². The lowest BCUT2D eigenvalue weighted by atomic mass is 9.52. The van der Waals surface area contributed by atoms with Crippen molar-refractivity contribution in [3.05, 3.63) is 257 Å². The van der Waals surface area contributed by atoms with Gasteiger partial charge < -0.3 is 8.98 Å². The fourth-order valence-electron chi connectivity index (χ4n) is 12.7. The first-order valence-electron chi connectivity index (χ1n) is 21.7. The summed E-state index contributed by atoms with van der Waals surface area (Å²) >= 11 is 0. The van der Waals surface area contributed by atoms with E-state index in [9.17, 15) is 0 Å². The molecular weight excluding hydrogens is 751 g/mol. The van der Waals surface area contributed by atoms with Crippen LogP contribution in [0.15, 0.2) is 217 Å². The standard InChI is InChI=1S/C60H35NO/c1-2-16-38-36(15-1)29-31-43-57-53(61(58(38)43)37-30-34-55-44(35-37)41-19-6-14-28-54(41)62-55)33-32-52-56(57)42-20-5-9-23-47(42)60(52)50-26-12-10-24-48(50)59(49-25-11-13-27-51(49)60)45-21-7-3-17-39(45)40-18-4-8-22-46(40)59/h1-35H. The van der Waals surface area contributed by atoms with Gasteiger partial charge >= 0.3 is 0 Å². The van der Waals surface area contributed by atoms with Crippen molar-refractivity contribution in [3.8, 4) is 27.9 Å². The van der Waals surface area contributed by atoms with Crippen LogP contribution in [0.2, 0.25) is 0 Å². The Bertz CT molecular complexity index is 3860. The lowest BCUT2D eigenvalue weighted by Crippen LogP contribution is -2.43. The fourth-order valence-corrected chi connectivity index (χ4v) is 12.7. The van der Waals surface area contributed by atoms with Crippen molar-refractivity contribution >= 4 is 54.5 Å². The summed E-state index contributed by atoms with van der Waals surface area (Å²) in [5.41, 5.74) is 20.4. The molecule has 12 aromatic rings. The van der Waals surface area contributed by atoms with E-state index in [-0.39, 0.29) is 0 Å². The molecule has 3 aliphatic rings. The Hall–Kier alpha value is -7.94. The van der Waals surface area contributed by atoms with E-state index in [0.717, 1.165) is 27.6 Å². The second kappa shape index (κ2) is 11.5. The number of para-hydroxylation sites is 1. The minimum absolute atomic E-state index is 0.474. The average molecular weight is 786 g/mol. The third kappa shape index (κ3) is 3.68. The molecule has 0 atom stereocenters. The van der Waals surface area contributed by atoms with Crippen molar-refractivity contribution in [2.24, 2.45) is 0 Å². The average Bonchev–Trinajstić information content (AvgIpc) is 4.06. The number of fused-ring (bicyclic) bond motifs is 25. The maximum Gasteiger partial charge on any atom is 0.135 e. The molecule has 2 heteroatoms. The molecule has 0 saturated heterocycles. The zero-order chi connectivity index (χ0) is 40.3. The zero-order valence-corrected chi connectivity index (χ0v) is 33.6. The van der Waals surface area contributed by atoms with Crippen LogP contribution in [0.5, 0.6) is 0 Å². The Morgan fingerprint density at radius 2 is 0.855 bits per heavy atom. The Morgan fingerprint density at radius 3 is 1.53 bits per heavy atom. The SMILES string of the molecule is c1ccc2c(c1)-c1ccccc1C21c2ccccc2C2(c3ccccc3-c3c2ccc2c3c3ccc4ccccc4c3n2-c2ccc3oc4ccccc4c3c2)c2ccccc21. The molecule has 0 saturated carbocycles. The van der Waals surface area contributed by atoms with Crippen molar-refractivity contribution in [2.75, 3.05) is 0 Å². The highest BCUT2D eigenvalue weighted by atomic mass is 16.3. The normalized spacial score (nSPS) is 14.7. The van der Waals surface area contributed by atoms with Crippen LogP contribution in [0, 0.1) is 0 Å². The minimum atomic E-state index is -0.565. The molecule has 0 N–H and O–H groups in total. The number of hydrogen-bond acceptors (Lipinski definition) is 1. The summed E-state index contributed by atoms with van der Waals surface area (Å²) in [7, 11) is 0. The summed E-state index contributed by atoms with van der Waals surface area (Å²) in [5.74, 6) is 0. The first-order valence-corrected chi connectivity index (χ1v) is 21.7. The highest BCUT2D eigenvalue weighted by molar-refractivity contribution is 6.24. The molecule has 15 rings (SSSR count). The summed E-state index contributed by atoms with van der Waals surface area (Å²) in [4.78, 5) is 0. The predicted molar refractivity (Wildman–Crippen MR) is 254 cm³/mol. The van der Waals surface area contributed by atoms with E-state index < -0.39 is 10.8 Å². The van der Waals surface area contributed by atoms with E-state index >= 15 is 0 Å².